The molecule has 0 saturated carbocycles. The summed E-state index contributed by atoms with van der Waals surface area (Å²) in [5.74, 6) is 1.23. The van der Waals surface area contributed by atoms with Crippen molar-refractivity contribution >= 4 is 22.9 Å². The number of hydrogen-bond donors (Lipinski definition) is 1. The number of carbonyl (C=O) groups excluding carboxylic acids is 1. The number of para-hydroxylation sites is 1. The highest BCUT2D eigenvalue weighted by Crippen LogP contribution is 2.21. The molecule has 1 aromatic carbocycles. The predicted octanol–water partition coefficient (Wildman–Crippen LogP) is 3.76. The van der Waals surface area contributed by atoms with Crippen molar-refractivity contribution in [3.05, 3.63) is 53.7 Å². The van der Waals surface area contributed by atoms with Gasteiger partial charge in [0, 0.05) is 38.2 Å². The third-order valence-corrected chi connectivity index (χ3v) is 5.29. The van der Waals surface area contributed by atoms with Crippen molar-refractivity contribution in [2.75, 3.05) is 18.5 Å². The zero-order valence-corrected chi connectivity index (χ0v) is 16.4. The van der Waals surface area contributed by atoms with Crippen molar-refractivity contribution in [2.24, 2.45) is 0 Å². The molecule has 27 heavy (non-hydrogen) atoms. The lowest BCUT2D eigenvalue weighted by Crippen LogP contribution is -2.40. The number of benzene rings is 1. The molecule has 1 unspecified atom stereocenters. The minimum atomic E-state index is 0.0429. The summed E-state index contributed by atoms with van der Waals surface area (Å²) in [6.45, 7) is 2.70. The molecule has 2 heterocycles. The summed E-state index contributed by atoms with van der Waals surface area (Å²) in [6, 6.07) is 14.3. The van der Waals surface area contributed by atoms with E-state index in [4.69, 9.17) is 4.52 Å². The topological polar surface area (TPSA) is 71.3 Å². The molecular formula is C20H24N4O2S. The van der Waals surface area contributed by atoms with Crippen LogP contribution in [0.1, 0.15) is 25.7 Å². The average Bonchev–Trinajstić information content (AvgIpc) is 3.38. The standard InChI is InChI=1S/C20H24N4O2S/c1-15(24(2)16-8-4-3-5-9-16)14-21-18(25)11-6-12-19-22-20(23-26-19)17-10-7-13-27-17/h3-5,7-10,13,15H,6,11-12,14H2,1-2H3,(H,21,25). The number of aromatic nitrogens is 2. The minimum Gasteiger partial charge on any atom is -0.370 e. The number of aryl methyl sites for hydroxylation is 1. The molecule has 0 spiro atoms. The molecule has 0 aliphatic carbocycles. The van der Waals surface area contributed by atoms with E-state index in [0.717, 1.165) is 10.6 Å². The molecule has 0 radical (unpaired) electrons. The molecular weight excluding hydrogens is 360 g/mol. The molecule has 142 valence electrons. The first kappa shape index (κ1) is 19.1. The lowest BCUT2D eigenvalue weighted by Gasteiger charge is -2.27. The molecule has 1 N–H and O–H groups in total. The van der Waals surface area contributed by atoms with Crippen LogP contribution in [-0.4, -0.2) is 35.7 Å². The largest absolute Gasteiger partial charge is 0.370 e. The van der Waals surface area contributed by atoms with Crippen LogP contribution < -0.4 is 10.2 Å². The summed E-state index contributed by atoms with van der Waals surface area (Å²) in [6.07, 6.45) is 1.73. The van der Waals surface area contributed by atoms with E-state index in [1.54, 1.807) is 11.3 Å². The summed E-state index contributed by atoms with van der Waals surface area (Å²) >= 11 is 1.57. The minimum absolute atomic E-state index is 0.0429. The summed E-state index contributed by atoms with van der Waals surface area (Å²) in [4.78, 5) is 19.6. The number of thiophene rings is 1. The summed E-state index contributed by atoms with van der Waals surface area (Å²) in [5, 5.41) is 8.96. The number of hydrogen-bond acceptors (Lipinski definition) is 6. The maximum Gasteiger partial charge on any atom is 0.226 e. The molecule has 1 atom stereocenters. The number of anilines is 1. The number of nitrogens with one attached hydrogen (secondary N) is 1. The first-order valence-corrected chi connectivity index (χ1v) is 9.92. The maximum absolute atomic E-state index is 12.1. The number of rotatable bonds is 9. The van der Waals surface area contributed by atoms with E-state index in [1.165, 1.54) is 0 Å². The Morgan fingerprint density at radius 2 is 2.07 bits per heavy atom. The summed E-state index contributed by atoms with van der Waals surface area (Å²) in [5.41, 5.74) is 1.14. The van der Waals surface area contributed by atoms with E-state index >= 15 is 0 Å². The Morgan fingerprint density at radius 1 is 1.26 bits per heavy atom. The van der Waals surface area contributed by atoms with Crippen molar-refractivity contribution in [3.8, 4) is 10.7 Å². The smallest absolute Gasteiger partial charge is 0.226 e. The Morgan fingerprint density at radius 3 is 2.81 bits per heavy atom. The molecule has 0 aliphatic rings. The van der Waals surface area contributed by atoms with Crippen LogP contribution in [0.15, 0.2) is 52.4 Å². The van der Waals surface area contributed by atoms with Gasteiger partial charge in [-0.05, 0) is 36.9 Å². The quantitative estimate of drug-likeness (QED) is 0.608. The van der Waals surface area contributed by atoms with Crippen LogP contribution >= 0.6 is 11.3 Å². The summed E-state index contributed by atoms with van der Waals surface area (Å²) in [7, 11) is 2.03. The van der Waals surface area contributed by atoms with Gasteiger partial charge in [-0.25, -0.2) is 0 Å². The Balaban J connectivity index is 1.37. The molecule has 1 amide bonds. The van der Waals surface area contributed by atoms with Crippen molar-refractivity contribution in [1.82, 2.24) is 15.5 Å². The van der Waals surface area contributed by atoms with Gasteiger partial charge in [-0.2, -0.15) is 4.98 Å². The van der Waals surface area contributed by atoms with Gasteiger partial charge in [0.05, 0.1) is 4.88 Å². The highest BCUT2D eigenvalue weighted by molar-refractivity contribution is 7.13. The first-order chi connectivity index (χ1) is 13.1. The second-order valence-corrected chi connectivity index (χ2v) is 7.39. The highest BCUT2D eigenvalue weighted by atomic mass is 32.1. The van der Waals surface area contributed by atoms with Crippen molar-refractivity contribution in [1.29, 1.82) is 0 Å². The molecule has 3 aromatic rings. The second kappa shape index (κ2) is 9.32. The van der Waals surface area contributed by atoms with Gasteiger partial charge < -0.3 is 14.7 Å². The van der Waals surface area contributed by atoms with Gasteiger partial charge in [-0.15, -0.1) is 11.3 Å². The Hall–Kier alpha value is -2.67. The number of amides is 1. The number of likely N-dealkylation sites (N-methyl/N-ethyl adjacent to an activating group) is 1. The Kier molecular flexibility index (Phi) is 6.59. The summed E-state index contributed by atoms with van der Waals surface area (Å²) < 4.78 is 5.26. The van der Waals surface area contributed by atoms with Gasteiger partial charge in [-0.3, -0.25) is 4.79 Å². The third-order valence-electron chi connectivity index (χ3n) is 4.42. The van der Waals surface area contributed by atoms with Crippen LogP contribution in [0, 0.1) is 0 Å². The number of nitrogens with zero attached hydrogens (tertiary/aromatic N) is 3. The van der Waals surface area contributed by atoms with Crippen LogP contribution in [0.25, 0.3) is 10.7 Å². The highest BCUT2D eigenvalue weighted by Gasteiger charge is 2.12. The van der Waals surface area contributed by atoms with Gasteiger partial charge in [0.15, 0.2) is 0 Å². The van der Waals surface area contributed by atoms with Crippen LogP contribution in [0.4, 0.5) is 5.69 Å². The zero-order valence-electron chi connectivity index (χ0n) is 15.6. The number of carbonyl (C=O) groups is 1. The normalized spacial score (nSPS) is 11.9. The molecule has 2 aromatic heterocycles. The fraction of sp³-hybridized carbons (Fsp3) is 0.350. The van der Waals surface area contributed by atoms with Crippen molar-refractivity contribution in [3.63, 3.8) is 0 Å². The van der Waals surface area contributed by atoms with Gasteiger partial charge in [0.2, 0.25) is 17.6 Å². The van der Waals surface area contributed by atoms with E-state index < -0.39 is 0 Å². The fourth-order valence-corrected chi connectivity index (χ4v) is 3.32. The van der Waals surface area contributed by atoms with Gasteiger partial charge in [0.1, 0.15) is 0 Å². The van der Waals surface area contributed by atoms with Crippen molar-refractivity contribution < 1.29 is 9.32 Å². The van der Waals surface area contributed by atoms with Gasteiger partial charge in [-0.1, -0.05) is 29.4 Å². The van der Waals surface area contributed by atoms with Crippen LogP contribution in [0.3, 0.4) is 0 Å². The van der Waals surface area contributed by atoms with Crippen LogP contribution in [-0.2, 0) is 11.2 Å². The SMILES string of the molecule is CC(CNC(=O)CCCc1nc(-c2cccs2)no1)N(C)c1ccccc1. The molecule has 0 aliphatic heterocycles. The molecule has 3 rings (SSSR count). The lowest BCUT2D eigenvalue weighted by atomic mass is 10.2. The average molecular weight is 385 g/mol. The third kappa shape index (κ3) is 5.40. The van der Waals surface area contributed by atoms with Gasteiger partial charge >= 0.3 is 0 Å². The van der Waals surface area contributed by atoms with Gasteiger partial charge in [0.25, 0.3) is 0 Å². The van der Waals surface area contributed by atoms with Crippen molar-refractivity contribution in [2.45, 2.75) is 32.2 Å². The molecule has 0 fully saturated rings. The maximum atomic E-state index is 12.1. The van der Waals surface area contributed by atoms with E-state index in [1.807, 2.05) is 42.8 Å². The lowest BCUT2D eigenvalue weighted by molar-refractivity contribution is -0.121. The van der Waals surface area contributed by atoms with E-state index in [-0.39, 0.29) is 11.9 Å². The monoisotopic (exact) mass is 384 g/mol. The van der Waals surface area contributed by atoms with E-state index in [9.17, 15) is 4.79 Å². The van der Waals surface area contributed by atoms with Crippen LogP contribution in [0.5, 0.6) is 0 Å². The molecule has 0 saturated heterocycles. The Labute approximate surface area is 163 Å². The molecule has 0 bridgehead atoms. The fourth-order valence-electron chi connectivity index (χ4n) is 2.67. The van der Waals surface area contributed by atoms with E-state index in [0.29, 0.717) is 37.5 Å². The first-order valence-electron chi connectivity index (χ1n) is 9.04. The van der Waals surface area contributed by atoms with E-state index in [2.05, 4.69) is 39.4 Å². The molecule has 6 nitrogen and oxygen atoms in total. The van der Waals surface area contributed by atoms with Crippen LogP contribution in [0.2, 0.25) is 0 Å². The zero-order chi connectivity index (χ0) is 19.1. The molecule has 7 heteroatoms. The second-order valence-electron chi connectivity index (χ2n) is 6.44. The Bertz CT molecular complexity index is 833. The predicted molar refractivity (Wildman–Crippen MR) is 108 cm³/mol.